The second-order valence-electron chi connectivity index (χ2n) is 8.28. The summed E-state index contributed by atoms with van der Waals surface area (Å²) in [4.78, 5) is 31.1. The van der Waals surface area contributed by atoms with Crippen molar-refractivity contribution >= 4 is 28.4 Å². The number of ether oxygens (including phenoxy) is 1. The largest absolute Gasteiger partial charge is 0.493 e. The van der Waals surface area contributed by atoms with E-state index in [1.54, 1.807) is 18.2 Å². The third-order valence-corrected chi connectivity index (χ3v) is 6.07. The number of H-pyrrole nitrogens is 1. The molecular formula is C23H26N4O4. The lowest BCUT2D eigenvalue weighted by Gasteiger charge is -2.41. The number of benzene rings is 2. The van der Waals surface area contributed by atoms with Crippen LogP contribution in [0.4, 0.5) is 11.4 Å². The Labute approximate surface area is 179 Å². The zero-order chi connectivity index (χ0) is 21.4. The van der Waals surface area contributed by atoms with Crippen LogP contribution in [-0.2, 0) is 11.2 Å². The summed E-state index contributed by atoms with van der Waals surface area (Å²) in [7, 11) is 0. The second kappa shape index (κ2) is 8.11. The average molecular weight is 422 g/mol. The topological polar surface area (TPSA) is 90.8 Å². The van der Waals surface area contributed by atoms with Gasteiger partial charge in [-0.25, -0.2) is 4.79 Å². The molecule has 0 unspecified atom stereocenters. The van der Waals surface area contributed by atoms with E-state index in [1.807, 2.05) is 0 Å². The van der Waals surface area contributed by atoms with Gasteiger partial charge in [0.2, 0.25) is 5.91 Å². The van der Waals surface area contributed by atoms with Crippen LogP contribution in [0.3, 0.4) is 0 Å². The van der Waals surface area contributed by atoms with Gasteiger partial charge in [-0.15, -0.1) is 0 Å². The molecule has 3 heterocycles. The minimum absolute atomic E-state index is 0.0801. The van der Waals surface area contributed by atoms with Crippen LogP contribution in [0.25, 0.3) is 11.1 Å². The average Bonchev–Trinajstić information content (AvgIpc) is 3.14. The number of carbonyl (C=O) groups is 1. The van der Waals surface area contributed by atoms with Crippen LogP contribution < -0.4 is 20.7 Å². The number of oxazole rings is 1. The van der Waals surface area contributed by atoms with E-state index < -0.39 is 5.76 Å². The van der Waals surface area contributed by atoms with Crippen molar-refractivity contribution in [2.45, 2.75) is 25.8 Å². The van der Waals surface area contributed by atoms with Crippen LogP contribution in [-0.4, -0.2) is 54.6 Å². The Morgan fingerprint density at radius 2 is 2.13 bits per heavy atom. The summed E-state index contributed by atoms with van der Waals surface area (Å²) in [5.41, 5.74) is 4.17. The van der Waals surface area contributed by atoms with Gasteiger partial charge in [-0.3, -0.25) is 14.7 Å². The third-order valence-electron chi connectivity index (χ3n) is 6.07. The Morgan fingerprint density at radius 1 is 1.23 bits per heavy atom. The zero-order valence-electron chi connectivity index (χ0n) is 17.5. The van der Waals surface area contributed by atoms with Gasteiger partial charge in [0.15, 0.2) is 5.58 Å². The van der Waals surface area contributed by atoms with Crippen molar-refractivity contribution in [3.05, 3.63) is 52.5 Å². The molecule has 1 saturated heterocycles. The SMILES string of the molecule is C[C@@H]1CN(c2ccc3c(c2)CCCO3)CCN1CC(=O)Nc1ccc2[nH]c(=O)oc2c1. The molecule has 3 aromatic rings. The lowest BCUT2D eigenvalue weighted by molar-refractivity contribution is -0.117. The van der Waals surface area contributed by atoms with Crippen molar-refractivity contribution < 1.29 is 13.9 Å². The maximum absolute atomic E-state index is 12.6. The summed E-state index contributed by atoms with van der Waals surface area (Å²) in [6.45, 7) is 5.83. The number of aryl methyl sites for hydroxylation is 1. The van der Waals surface area contributed by atoms with Gasteiger partial charge in [0, 0.05) is 43.1 Å². The number of piperazine rings is 1. The van der Waals surface area contributed by atoms with Gasteiger partial charge in [-0.05, 0) is 55.7 Å². The smallest absolute Gasteiger partial charge is 0.417 e. The minimum Gasteiger partial charge on any atom is -0.493 e. The molecule has 1 atom stereocenters. The number of amides is 1. The molecular weight excluding hydrogens is 396 g/mol. The van der Waals surface area contributed by atoms with Crippen LogP contribution >= 0.6 is 0 Å². The highest BCUT2D eigenvalue weighted by Crippen LogP contribution is 2.30. The molecule has 162 valence electrons. The van der Waals surface area contributed by atoms with E-state index in [-0.39, 0.29) is 11.9 Å². The Hall–Kier alpha value is -3.26. The fourth-order valence-corrected chi connectivity index (χ4v) is 4.42. The van der Waals surface area contributed by atoms with Crippen molar-refractivity contribution in [3.8, 4) is 5.75 Å². The molecule has 0 radical (unpaired) electrons. The fraction of sp³-hybridized carbons (Fsp3) is 0.391. The monoisotopic (exact) mass is 422 g/mol. The molecule has 5 rings (SSSR count). The van der Waals surface area contributed by atoms with E-state index in [9.17, 15) is 9.59 Å². The van der Waals surface area contributed by atoms with E-state index in [0.29, 0.717) is 23.3 Å². The Kier molecular flexibility index (Phi) is 5.15. The first-order valence-electron chi connectivity index (χ1n) is 10.7. The molecule has 1 amide bonds. The number of aromatic amines is 1. The molecule has 2 aromatic carbocycles. The van der Waals surface area contributed by atoms with E-state index in [1.165, 1.54) is 11.3 Å². The highest BCUT2D eigenvalue weighted by atomic mass is 16.5. The van der Waals surface area contributed by atoms with Gasteiger partial charge < -0.3 is 19.4 Å². The number of hydrogen-bond donors (Lipinski definition) is 2. The summed E-state index contributed by atoms with van der Waals surface area (Å²) in [6, 6.07) is 11.8. The zero-order valence-corrected chi connectivity index (χ0v) is 17.5. The molecule has 2 aliphatic rings. The van der Waals surface area contributed by atoms with Crippen molar-refractivity contribution in [2.75, 3.05) is 43.0 Å². The molecule has 2 aliphatic heterocycles. The number of fused-ring (bicyclic) bond motifs is 2. The lowest BCUT2D eigenvalue weighted by Crippen LogP contribution is -2.53. The number of anilines is 2. The molecule has 8 heteroatoms. The standard InChI is InChI=1S/C23H26N4O4/c1-15-13-27(18-5-7-20-16(11-18)3-2-10-30-20)9-8-26(15)14-22(28)24-17-4-6-19-21(12-17)31-23(29)25-19/h4-7,11-12,15H,2-3,8-10,13-14H2,1H3,(H,24,28)(H,25,29)/t15-/m1/s1. The van der Waals surface area contributed by atoms with Crippen molar-refractivity contribution in [1.29, 1.82) is 0 Å². The third kappa shape index (κ3) is 4.16. The number of carbonyl (C=O) groups excluding carboxylic acids is 1. The highest BCUT2D eigenvalue weighted by molar-refractivity contribution is 5.94. The summed E-state index contributed by atoms with van der Waals surface area (Å²) in [6.07, 6.45) is 2.13. The van der Waals surface area contributed by atoms with Crippen LogP contribution in [0.15, 0.2) is 45.6 Å². The van der Waals surface area contributed by atoms with Crippen molar-refractivity contribution in [2.24, 2.45) is 0 Å². The number of hydrogen-bond acceptors (Lipinski definition) is 6. The Balaban J connectivity index is 1.19. The van der Waals surface area contributed by atoms with Gasteiger partial charge >= 0.3 is 5.76 Å². The van der Waals surface area contributed by atoms with Gasteiger partial charge in [0.05, 0.1) is 18.7 Å². The van der Waals surface area contributed by atoms with E-state index in [0.717, 1.165) is 44.8 Å². The quantitative estimate of drug-likeness (QED) is 0.672. The molecule has 1 fully saturated rings. The summed E-state index contributed by atoms with van der Waals surface area (Å²) in [5, 5.41) is 2.90. The van der Waals surface area contributed by atoms with Crippen molar-refractivity contribution in [3.63, 3.8) is 0 Å². The normalized spacial score (nSPS) is 19.1. The Morgan fingerprint density at radius 3 is 3.00 bits per heavy atom. The van der Waals surface area contributed by atoms with Gasteiger partial charge in [0.1, 0.15) is 5.75 Å². The van der Waals surface area contributed by atoms with Gasteiger partial charge in [-0.2, -0.15) is 0 Å². The molecule has 0 bridgehead atoms. The Bertz CT molecular complexity index is 1170. The van der Waals surface area contributed by atoms with Crippen molar-refractivity contribution in [1.82, 2.24) is 9.88 Å². The van der Waals surface area contributed by atoms with E-state index >= 15 is 0 Å². The van der Waals surface area contributed by atoms with Crippen LogP contribution in [0, 0.1) is 0 Å². The summed E-state index contributed by atoms with van der Waals surface area (Å²) >= 11 is 0. The highest BCUT2D eigenvalue weighted by Gasteiger charge is 2.26. The molecule has 8 nitrogen and oxygen atoms in total. The summed E-state index contributed by atoms with van der Waals surface area (Å²) in [5.74, 6) is 0.426. The van der Waals surface area contributed by atoms with Crippen LogP contribution in [0.1, 0.15) is 18.9 Å². The maximum atomic E-state index is 12.6. The van der Waals surface area contributed by atoms with Gasteiger partial charge in [-0.1, -0.05) is 0 Å². The van der Waals surface area contributed by atoms with Crippen LogP contribution in [0.5, 0.6) is 5.75 Å². The van der Waals surface area contributed by atoms with Crippen LogP contribution in [0.2, 0.25) is 0 Å². The fourth-order valence-electron chi connectivity index (χ4n) is 4.42. The number of nitrogens with one attached hydrogen (secondary N) is 2. The predicted octanol–water partition coefficient (Wildman–Crippen LogP) is 2.60. The predicted molar refractivity (Wildman–Crippen MR) is 119 cm³/mol. The summed E-state index contributed by atoms with van der Waals surface area (Å²) < 4.78 is 10.8. The number of rotatable bonds is 4. The molecule has 0 spiro atoms. The van der Waals surface area contributed by atoms with E-state index in [2.05, 4.69) is 45.2 Å². The first kappa shape index (κ1) is 19.7. The number of nitrogens with zero attached hydrogens (tertiary/aromatic N) is 2. The first-order chi connectivity index (χ1) is 15.0. The lowest BCUT2D eigenvalue weighted by atomic mass is 10.0. The first-order valence-corrected chi connectivity index (χ1v) is 10.7. The minimum atomic E-state index is -0.503. The van der Waals surface area contributed by atoms with E-state index in [4.69, 9.17) is 9.15 Å². The second-order valence-corrected chi connectivity index (χ2v) is 8.28. The molecule has 0 aliphatic carbocycles. The molecule has 2 N–H and O–H groups in total. The molecule has 31 heavy (non-hydrogen) atoms. The molecule has 0 saturated carbocycles. The molecule has 1 aromatic heterocycles. The number of aromatic nitrogens is 1. The van der Waals surface area contributed by atoms with Gasteiger partial charge in [0.25, 0.3) is 0 Å². The maximum Gasteiger partial charge on any atom is 0.417 e.